The van der Waals surface area contributed by atoms with E-state index >= 15 is 0 Å². The Morgan fingerprint density at radius 3 is 2.05 bits per heavy atom. The third kappa shape index (κ3) is 4.17. The van der Waals surface area contributed by atoms with E-state index in [1.807, 2.05) is 26.0 Å². The van der Waals surface area contributed by atoms with Crippen molar-refractivity contribution in [2.75, 3.05) is 5.73 Å². The van der Waals surface area contributed by atoms with Gasteiger partial charge >= 0.3 is 0 Å². The molecule has 0 saturated heterocycles. The van der Waals surface area contributed by atoms with E-state index in [4.69, 9.17) is 5.73 Å². The molecule has 2 aromatic rings. The van der Waals surface area contributed by atoms with Gasteiger partial charge < -0.3 is 5.73 Å². The van der Waals surface area contributed by atoms with Crippen LogP contribution in [0.3, 0.4) is 0 Å². The molecule has 0 bridgehead atoms. The minimum atomic E-state index is -1.08. The molecule has 0 spiro atoms. The van der Waals surface area contributed by atoms with Crippen LogP contribution >= 0.6 is 0 Å². The highest BCUT2D eigenvalue weighted by molar-refractivity contribution is 7.83. The summed E-state index contributed by atoms with van der Waals surface area (Å²) in [6, 6.07) is 10.5. The van der Waals surface area contributed by atoms with Gasteiger partial charge in [-0.1, -0.05) is 29.3 Å². The molecule has 2 N–H and O–H groups in total. The van der Waals surface area contributed by atoms with Crippen LogP contribution in [-0.4, -0.2) is 4.21 Å². The van der Waals surface area contributed by atoms with Crippen LogP contribution in [0.25, 0.3) is 0 Å². The highest BCUT2D eigenvalue weighted by Crippen LogP contribution is 2.16. The van der Waals surface area contributed by atoms with Gasteiger partial charge in [-0.2, -0.15) is 0 Å². The Kier molecular flexibility index (Phi) is 4.55. The van der Waals surface area contributed by atoms with Crippen LogP contribution in [0.2, 0.25) is 0 Å². The van der Waals surface area contributed by atoms with E-state index in [0.29, 0.717) is 22.8 Å². The van der Waals surface area contributed by atoms with Crippen LogP contribution in [0.5, 0.6) is 0 Å². The number of hydrogen-bond acceptors (Lipinski definition) is 2. The first-order valence-corrected chi connectivity index (χ1v) is 7.88. The van der Waals surface area contributed by atoms with E-state index in [9.17, 15) is 8.60 Å². The number of nitrogen functional groups attached to an aromatic ring is 1. The third-order valence-electron chi connectivity index (χ3n) is 2.92. The summed E-state index contributed by atoms with van der Waals surface area (Å²) in [6.45, 7) is 4.04. The molecule has 0 aliphatic carbocycles. The Morgan fingerprint density at radius 2 is 1.50 bits per heavy atom. The summed E-state index contributed by atoms with van der Waals surface area (Å²) in [5.74, 6) is 0.400. The second-order valence-electron chi connectivity index (χ2n) is 5.12. The first kappa shape index (κ1) is 14.7. The largest absolute Gasteiger partial charge is 0.399 e. The van der Waals surface area contributed by atoms with Crippen molar-refractivity contribution in [1.82, 2.24) is 0 Å². The number of anilines is 1. The Morgan fingerprint density at radius 1 is 0.950 bits per heavy atom. The maximum absolute atomic E-state index is 13.2. The van der Waals surface area contributed by atoms with E-state index in [-0.39, 0.29) is 5.82 Å². The van der Waals surface area contributed by atoms with E-state index in [0.717, 1.165) is 16.7 Å². The summed E-state index contributed by atoms with van der Waals surface area (Å²) >= 11 is 0. The zero-order valence-corrected chi connectivity index (χ0v) is 12.5. The Hall–Kier alpha value is -1.68. The molecule has 2 aromatic carbocycles. The molecule has 20 heavy (non-hydrogen) atoms. The third-order valence-corrected chi connectivity index (χ3v) is 4.23. The molecule has 1 unspecified atom stereocenters. The molecule has 106 valence electrons. The molecular weight excluding hydrogens is 273 g/mol. The molecule has 0 aromatic heterocycles. The minimum absolute atomic E-state index is 0.314. The highest BCUT2D eigenvalue weighted by atomic mass is 32.2. The van der Waals surface area contributed by atoms with E-state index in [2.05, 4.69) is 6.07 Å². The molecule has 0 amide bonds. The molecule has 2 rings (SSSR count). The number of benzene rings is 2. The molecule has 1 atom stereocenters. The standard InChI is InChI=1S/C16H18FNOS/c1-11-3-12(2)5-13(4-11)9-20(19)10-14-6-15(17)8-16(18)7-14/h3-8H,9-10,18H2,1-2H3. The summed E-state index contributed by atoms with van der Waals surface area (Å²) in [4.78, 5) is 0. The smallest absolute Gasteiger partial charge is 0.125 e. The quantitative estimate of drug-likeness (QED) is 0.876. The summed E-state index contributed by atoms with van der Waals surface area (Å²) in [5.41, 5.74) is 9.99. The van der Waals surface area contributed by atoms with Gasteiger partial charge in [0.05, 0.1) is 0 Å². The van der Waals surface area contributed by atoms with Gasteiger partial charge in [0, 0.05) is 28.0 Å². The Balaban J connectivity index is 2.08. The van der Waals surface area contributed by atoms with Gasteiger partial charge in [0.2, 0.25) is 0 Å². The fourth-order valence-electron chi connectivity index (χ4n) is 2.33. The second kappa shape index (κ2) is 6.18. The van der Waals surface area contributed by atoms with Crippen molar-refractivity contribution in [2.45, 2.75) is 25.4 Å². The van der Waals surface area contributed by atoms with E-state index in [1.165, 1.54) is 12.1 Å². The van der Waals surface area contributed by atoms with Crippen molar-refractivity contribution in [3.05, 3.63) is 64.5 Å². The fraction of sp³-hybridized carbons (Fsp3) is 0.250. The van der Waals surface area contributed by atoms with E-state index in [1.54, 1.807) is 6.07 Å². The lowest BCUT2D eigenvalue weighted by molar-refractivity contribution is 0.627. The molecular formula is C16H18FNOS. The molecule has 0 heterocycles. The summed E-state index contributed by atoms with van der Waals surface area (Å²) in [7, 11) is -1.08. The van der Waals surface area contributed by atoms with Crippen LogP contribution in [0.1, 0.15) is 22.3 Å². The number of hydrogen-bond donors (Lipinski definition) is 1. The van der Waals surface area contributed by atoms with Crippen molar-refractivity contribution in [3.8, 4) is 0 Å². The van der Waals surface area contributed by atoms with Crippen molar-refractivity contribution in [1.29, 1.82) is 0 Å². The minimum Gasteiger partial charge on any atom is -0.399 e. The predicted octanol–water partition coefficient (Wildman–Crippen LogP) is 3.47. The second-order valence-corrected chi connectivity index (χ2v) is 6.57. The lowest BCUT2D eigenvalue weighted by Gasteiger charge is -2.06. The number of rotatable bonds is 4. The molecule has 0 aliphatic rings. The van der Waals surface area contributed by atoms with Gasteiger partial charge in [0.15, 0.2) is 0 Å². The molecule has 0 aliphatic heterocycles. The maximum Gasteiger partial charge on any atom is 0.125 e. The van der Waals surface area contributed by atoms with Gasteiger partial charge in [-0.3, -0.25) is 4.21 Å². The number of halogens is 1. The van der Waals surface area contributed by atoms with Crippen molar-refractivity contribution in [2.24, 2.45) is 0 Å². The highest BCUT2D eigenvalue weighted by Gasteiger charge is 2.06. The van der Waals surface area contributed by atoms with E-state index < -0.39 is 10.8 Å². The summed E-state index contributed by atoms with van der Waals surface area (Å²) in [5, 5.41) is 0. The zero-order valence-electron chi connectivity index (χ0n) is 11.7. The topological polar surface area (TPSA) is 43.1 Å². The molecule has 0 saturated carbocycles. The zero-order chi connectivity index (χ0) is 14.7. The monoisotopic (exact) mass is 291 g/mol. The van der Waals surface area contributed by atoms with Crippen LogP contribution in [0.4, 0.5) is 10.1 Å². The number of nitrogens with two attached hydrogens (primary N) is 1. The van der Waals surface area contributed by atoms with Crippen LogP contribution in [0.15, 0.2) is 36.4 Å². The van der Waals surface area contributed by atoms with Crippen molar-refractivity contribution >= 4 is 16.5 Å². The van der Waals surface area contributed by atoms with Gasteiger partial charge in [-0.25, -0.2) is 4.39 Å². The van der Waals surface area contributed by atoms with Crippen molar-refractivity contribution in [3.63, 3.8) is 0 Å². The van der Waals surface area contributed by atoms with Gasteiger partial charge in [-0.05, 0) is 43.2 Å². The lowest BCUT2D eigenvalue weighted by Crippen LogP contribution is -2.01. The predicted molar refractivity (Wildman–Crippen MR) is 82.3 cm³/mol. The SMILES string of the molecule is Cc1cc(C)cc(CS(=O)Cc2cc(N)cc(F)c2)c1. The molecule has 2 nitrogen and oxygen atoms in total. The molecule has 0 fully saturated rings. The van der Waals surface area contributed by atoms with Crippen LogP contribution < -0.4 is 5.73 Å². The normalized spacial score (nSPS) is 12.3. The van der Waals surface area contributed by atoms with Crippen molar-refractivity contribution < 1.29 is 8.60 Å². The maximum atomic E-state index is 13.2. The first-order valence-electron chi connectivity index (χ1n) is 6.39. The van der Waals surface area contributed by atoms with Gasteiger partial charge in [-0.15, -0.1) is 0 Å². The van der Waals surface area contributed by atoms with Crippen LogP contribution in [-0.2, 0) is 22.3 Å². The first-order chi connectivity index (χ1) is 9.42. The Bertz CT molecular complexity index is 559. The average Bonchev–Trinajstić information content (AvgIpc) is 2.24. The fourth-order valence-corrected chi connectivity index (χ4v) is 3.51. The lowest BCUT2D eigenvalue weighted by atomic mass is 10.1. The average molecular weight is 291 g/mol. The number of aryl methyl sites for hydroxylation is 2. The molecule has 4 heteroatoms. The van der Waals surface area contributed by atoms with Crippen LogP contribution in [0, 0.1) is 19.7 Å². The Labute approximate surface area is 121 Å². The van der Waals surface area contributed by atoms with Gasteiger partial charge in [0.25, 0.3) is 0 Å². The molecule has 0 radical (unpaired) electrons. The summed E-state index contributed by atoms with van der Waals surface area (Å²) in [6.07, 6.45) is 0. The summed E-state index contributed by atoms with van der Waals surface area (Å²) < 4.78 is 25.4. The van der Waals surface area contributed by atoms with Gasteiger partial charge in [0.1, 0.15) is 5.82 Å².